The van der Waals surface area contributed by atoms with E-state index in [2.05, 4.69) is 28.2 Å². The Labute approximate surface area is 115 Å². The van der Waals surface area contributed by atoms with Crippen LogP contribution in [0.25, 0.3) is 0 Å². The Bertz CT molecular complexity index is 432. The zero-order valence-corrected chi connectivity index (χ0v) is 11.6. The summed E-state index contributed by atoms with van der Waals surface area (Å²) in [7, 11) is 0. The molecule has 0 radical (unpaired) electrons. The summed E-state index contributed by atoms with van der Waals surface area (Å²) >= 11 is 0. The minimum atomic E-state index is 0.558. The molecule has 0 amide bonds. The van der Waals surface area contributed by atoms with Gasteiger partial charge in [0.2, 0.25) is 0 Å². The topological polar surface area (TPSA) is 52.0 Å². The third-order valence-corrected chi connectivity index (χ3v) is 3.57. The fourth-order valence-corrected chi connectivity index (χ4v) is 2.68. The normalized spacial score (nSPS) is 18.7. The molecule has 0 aliphatic carbocycles. The molecular weight excluding hydrogens is 236 g/mol. The highest BCUT2D eigenvalue weighted by atomic mass is 15.2. The summed E-state index contributed by atoms with van der Waals surface area (Å²) in [5, 5.41) is 12.6. The van der Waals surface area contributed by atoms with Crippen LogP contribution in [0.5, 0.6) is 0 Å². The number of hydrogen-bond donors (Lipinski definition) is 1. The van der Waals surface area contributed by atoms with Gasteiger partial charge >= 0.3 is 0 Å². The van der Waals surface area contributed by atoms with Crippen LogP contribution in [0.3, 0.4) is 0 Å². The maximum absolute atomic E-state index is 9.10. The second-order valence-corrected chi connectivity index (χ2v) is 5.15. The lowest BCUT2D eigenvalue weighted by Crippen LogP contribution is -2.37. The van der Waals surface area contributed by atoms with Gasteiger partial charge in [0.15, 0.2) is 0 Å². The lowest BCUT2D eigenvalue weighted by Gasteiger charge is -2.25. The van der Waals surface area contributed by atoms with Crippen molar-refractivity contribution in [2.24, 2.45) is 0 Å². The van der Waals surface area contributed by atoms with Crippen molar-refractivity contribution in [1.29, 1.82) is 5.26 Å². The predicted octanol–water partition coefficient (Wildman–Crippen LogP) is 1.92. The average molecular weight is 258 g/mol. The third kappa shape index (κ3) is 4.02. The molecule has 4 nitrogen and oxygen atoms in total. The van der Waals surface area contributed by atoms with Gasteiger partial charge in [-0.05, 0) is 38.4 Å². The van der Waals surface area contributed by atoms with E-state index in [1.807, 2.05) is 12.1 Å². The van der Waals surface area contributed by atoms with Gasteiger partial charge in [-0.3, -0.25) is 4.90 Å². The summed E-state index contributed by atoms with van der Waals surface area (Å²) in [4.78, 5) is 6.57. The Morgan fingerprint density at radius 1 is 1.58 bits per heavy atom. The van der Waals surface area contributed by atoms with Crippen molar-refractivity contribution < 1.29 is 0 Å². The highest BCUT2D eigenvalue weighted by Gasteiger charge is 2.18. The van der Waals surface area contributed by atoms with Crippen LogP contribution < -0.4 is 5.32 Å². The predicted molar refractivity (Wildman–Crippen MR) is 75.5 cm³/mol. The number of pyridine rings is 1. The lowest BCUT2D eigenvalue weighted by molar-refractivity contribution is 0.241. The Hall–Kier alpha value is -1.44. The number of nitrogens with zero attached hydrogens (tertiary/aromatic N) is 3. The highest BCUT2D eigenvalue weighted by molar-refractivity contribution is 5.30. The van der Waals surface area contributed by atoms with Crippen LogP contribution in [0.15, 0.2) is 18.3 Å². The zero-order chi connectivity index (χ0) is 13.5. The molecule has 1 N–H and O–H groups in total. The second kappa shape index (κ2) is 7.22. The fourth-order valence-electron chi connectivity index (χ4n) is 2.68. The Morgan fingerprint density at radius 2 is 2.47 bits per heavy atom. The van der Waals surface area contributed by atoms with Crippen LogP contribution in [0.1, 0.15) is 37.4 Å². The van der Waals surface area contributed by atoms with E-state index in [0.717, 1.165) is 38.2 Å². The minimum absolute atomic E-state index is 0.558. The maximum Gasteiger partial charge on any atom is 0.144 e. The zero-order valence-electron chi connectivity index (χ0n) is 11.6. The van der Waals surface area contributed by atoms with Gasteiger partial charge in [0, 0.05) is 30.9 Å². The van der Waals surface area contributed by atoms with Crippen molar-refractivity contribution >= 4 is 0 Å². The van der Waals surface area contributed by atoms with E-state index in [1.165, 1.54) is 12.8 Å². The fraction of sp³-hybridized carbons (Fsp3) is 0.600. The molecular formula is C15H22N4. The molecule has 102 valence electrons. The van der Waals surface area contributed by atoms with Crippen molar-refractivity contribution in [3.63, 3.8) is 0 Å². The number of nitriles is 1. The minimum Gasteiger partial charge on any atom is -0.313 e. The SMILES string of the molecule is CCCN(Cc1cccnc1C#N)CC1CCCN1. The second-order valence-electron chi connectivity index (χ2n) is 5.15. The summed E-state index contributed by atoms with van der Waals surface area (Å²) in [6.45, 7) is 6.29. The smallest absolute Gasteiger partial charge is 0.144 e. The van der Waals surface area contributed by atoms with Gasteiger partial charge < -0.3 is 5.32 Å². The van der Waals surface area contributed by atoms with Crippen LogP contribution in [0.2, 0.25) is 0 Å². The van der Waals surface area contributed by atoms with Crippen LogP contribution in [-0.4, -0.2) is 35.6 Å². The van der Waals surface area contributed by atoms with Crippen molar-refractivity contribution in [3.05, 3.63) is 29.6 Å². The van der Waals surface area contributed by atoms with Crippen molar-refractivity contribution in [1.82, 2.24) is 15.2 Å². The molecule has 1 aliphatic heterocycles. The third-order valence-electron chi connectivity index (χ3n) is 3.57. The molecule has 0 spiro atoms. The summed E-state index contributed by atoms with van der Waals surface area (Å²) < 4.78 is 0. The molecule has 1 saturated heterocycles. The molecule has 1 aromatic heterocycles. The number of hydrogen-bond acceptors (Lipinski definition) is 4. The van der Waals surface area contributed by atoms with Crippen molar-refractivity contribution in [2.75, 3.05) is 19.6 Å². The van der Waals surface area contributed by atoms with E-state index in [0.29, 0.717) is 11.7 Å². The Kier molecular flexibility index (Phi) is 5.31. The van der Waals surface area contributed by atoms with Crippen LogP contribution in [0, 0.1) is 11.3 Å². The first-order valence-electron chi connectivity index (χ1n) is 7.13. The van der Waals surface area contributed by atoms with Crippen molar-refractivity contribution in [2.45, 2.75) is 38.8 Å². The average Bonchev–Trinajstić information content (AvgIpc) is 2.92. The van der Waals surface area contributed by atoms with Gasteiger partial charge in [-0.15, -0.1) is 0 Å². The maximum atomic E-state index is 9.10. The van der Waals surface area contributed by atoms with Gasteiger partial charge in [0.1, 0.15) is 11.8 Å². The monoisotopic (exact) mass is 258 g/mol. The Balaban J connectivity index is 2.00. The van der Waals surface area contributed by atoms with E-state index in [-0.39, 0.29) is 0 Å². The van der Waals surface area contributed by atoms with Gasteiger partial charge in [0.25, 0.3) is 0 Å². The molecule has 2 heterocycles. The van der Waals surface area contributed by atoms with E-state index < -0.39 is 0 Å². The number of aromatic nitrogens is 1. The lowest BCUT2D eigenvalue weighted by atomic mass is 10.1. The standard InChI is InChI=1S/C15H22N4/c1-2-9-19(12-14-6-4-7-17-14)11-13-5-3-8-18-15(13)10-16/h3,5,8,14,17H,2,4,6-7,9,11-12H2,1H3. The summed E-state index contributed by atoms with van der Waals surface area (Å²) in [5.74, 6) is 0. The molecule has 1 unspecified atom stereocenters. The van der Waals surface area contributed by atoms with E-state index >= 15 is 0 Å². The molecule has 4 heteroatoms. The van der Waals surface area contributed by atoms with E-state index in [1.54, 1.807) is 6.20 Å². The quantitative estimate of drug-likeness (QED) is 0.847. The molecule has 0 saturated carbocycles. The molecule has 1 aromatic rings. The van der Waals surface area contributed by atoms with Gasteiger partial charge in [0.05, 0.1) is 0 Å². The van der Waals surface area contributed by atoms with Crippen LogP contribution >= 0.6 is 0 Å². The largest absolute Gasteiger partial charge is 0.313 e. The Morgan fingerprint density at radius 3 is 3.16 bits per heavy atom. The number of nitrogens with one attached hydrogen (secondary N) is 1. The van der Waals surface area contributed by atoms with Gasteiger partial charge in [-0.25, -0.2) is 4.98 Å². The summed E-state index contributed by atoms with van der Waals surface area (Å²) in [5.41, 5.74) is 1.60. The van der Waals surface area contributed by atoms with E-state index in [9.17, 15) is 0 Å². The summed E-state index contributed by atoms with van der Waals surface area (Å²) in [6, 6.07) is 6.71. The first-order chi connectivity index (χ1) is 9.33. The molecule has 0 aromatic carbocycles. The summed E-state index contributed by atoms with van der Waals surface area (Å²) in [6.07, 6.45) is 5.36. The first kappa shape index (κ1) is 14.0. The van der Waals surface area contributed by atoms with Crippen molar-refractivity contribution in [3.8, 4) is 6.07 Å². The van der Waals surface area contributed by atoms with Crippen LogP contribution in [0.4, 0.5) is 0 Å². The highest BCUT2D eigenvalue weighted by Crippen LogP contribution is 2.12. The van der Waals surface area contributed by atoms with Gasteiger partial charge in [-0.2, -0.15) is 5.26 Å². The van der Waals surface area contributed by atoms with Gasteiger partial charge in [-0.1, -0.05) is 13.0 Å². The molecule has 1 atom stereocenters. The molecule has 1 fully saturated rings. The molecule has 2 rings (SSSR count). The molecule has 19 heavy (non-hydrogen) atoms. The number of rotatable bonds is 6. The molecule has 0 bridgehead atoms. The first-order valence-corrected chi connectivity index (χ1v) is 7.13. The van der Waals surface area contributed by atoms with Crippen LogP contribution in [-0.2, 0) is 6.54 Å². The molecule has 1 aliphatic rings. The van der Waals surface area contributed by atoms with E-state index in [4.69, 9.17) is 5.26 Å².